The highest BCUT2D eigenvalue weighted by Crippen LogP contribution is 2.27. The smallest absolute Gasteiger partial charge is 0.262 e. The lowest BCUT2D eigenvalue weighted by atomic mass is 10.1. The second-order valence-corrected chi connectivity index (χ2v) is 7.99. The first-order valence-electron chi connectivity index (χ1n) is 7.99. The van der Waals surface area contributed by atoms with E-state index in [1.165, 1.54) is 11.3 Å². The molecule has 0 saturated heterocycles. The van der Waals surface area contributed by atoms with Crippen molar-refractivity contribution in [3.05, 3.63) is 44.6 Å². The first kappa shape index (κ1) is 20.3. The zero-order valence-electron chi connectivity index (χ0n) is 14.8. The molecule has 0 spiro atoms. The molecule has 8 heteroatoms. The SMILES string of the molecule is COc1ccc(CCNC(=O)C(C)NC(=O)c2ccc(Br)s2)cc1OC. The topological polar surface area (TPSA) is 76.7 Å². The number of hydrogen-bond acceptors (Lipinski definition) is 5. The monoisotopic (exact) mass is 440 g/mol. The fourth-order valence-electron chi connectivity index (χ4n) is 2.29. The number of hydrogen-bond donors (Lipinski definition) is 2. The number of carbonyl (C=O) groups is 2. The van der Waals surface area contributed by atoms with E-state index < -0.39 is 6.04 Å². The molecule has 140 valence electrons. The Bertz CT molecular complexity index is 778. The lowest BCUT2D eigenvalue weighted by Crippen LogP contribution is -2.45. The second-order valence-electron chi connectivity index (χ2n) is 5.53. The Morgan fingerprint density at radius 2 is 1.88 bits per heavy atom. The second kappa shape index (κ2) is 9.59. The van der Waals surface area contributed by atoms with Gasteiger partial charge in [0.15, 0.2) is 11.5 Å². The quantitative estimate of drug-likeness (QED) is 0.661. The van der Waals surface area contributed by atoms with Gasteiger partial charge in [-0.3, -0.25) is 9.59 Å². The molecular formula is C18H21BrN2O4S. The van der Waals surface area contributed by atoms with Crippen LogP contribution in [-0.4, -0.2) is 38.6 Å². The van der Waals surface area contributed by atoms with Gasteiger partial charge in [0, 0.05) is 6.54 Å². The normalized spacial score (nSPS) is 11.5. The van der Waals surface area contributed by atoms with Crippen LogP contribution >= 0.6 is 27.3 Å². The van der Waals surface area contributed by atoms with E-state index in [1.54, 1.807) is 33.3 Å². The molecule has 2 rings (SSSR count). The summed E-state index contributed by atoms with van der Waals surface area (Å²) in [5.74, 6) is 0.827. The van der Waals surface area contributed by atoms with Gasteiger partial charge in [-0.05, 0) is 59.1 Å². The Kier molecular flexibility index (Phi) is 7.47. The summed E-state index contributed by atoms with van der Waals surface area (Å²) in [5, 5.41) is 5.52. The van der Waals surface area contributed by atoms with Gasteiger partial charge in [-0.25, -0.2) is 0 Å². The van der Waals surface area contributed by atoms with Crippen LogP contribution in [0.2, 0.25) is 0 Å². The largest absolute Gasteiger partial charge is 0.493 e. The molecule has 0 aliphatic rings. The molecule has 1 heterocycles. The molecule has 0 saturated carbocycles. The van der Waals surface area contributed by atoms with E-state index in [1.807, 2.05) is 18.2 Å². The summed E-state index contributed by atoms with van der Waals surface area (Å²) in [6, 6.07) is 8.53. The third kappa shape index (κ3) is 5.47. The molecule has 0 aliphatic carbocycles. The number of amides is 2. The number of thiophene rings is 1. The lowest BCUT2D eigenvalue weighted by Gasteiger charge is -2.14. The van der Waals surface area contributed by atoms with E-state index >= 15 is 0 Å². The van der Waals surface area contributed by atoms with Crippen molar-refractivity contribution in [2.24, 2.45) is 0 Å². The van der Waals surface area contributed by atoms with Gasteiger partial charge in [-0.1, -0.05) is 6.07 Å². The van der Waals surface area contributed by atoms with Crippen molar-refractivity contribution < 1.29 is 19.1 Å². The Morgan fingerprint density at radius 1 is 1.15 bits per heavy atom. The average molecular weight is 441 g/mol. The molecule has 1 aromatic carbocycles. The molecule has 26 heavy (non-hydrogen) atoms. The average Bonchev–Trinajstić information content (AvgIpc) is 3.07. The van der Waals surface area contributed by atoms with Gasteiger partial charge in [0.05, 0.1) is 22.9 Å². The fraction of sp³-hybridized carbons (Fsp3) is 0.333. The number of benzene rings is 1. The predicted molar refractivity (Wildman–Crippen MR) is 105 cm³/mol. The van der Waals surface area contributed by atoms with E-state index in [9.17, 15) is 9.59 Å². The van der Waals surface area contributed by atoms with Crippen molar-refractivity contribution in [1.29, 1.82) is 0 Å². The summed E-state index contributed by atoms with van der Waals surface area (Å²) >= 11 is 4.64. The van der Waals surface area contributed by atoms with Crippen molar-refractivity contribution in [2.45, 2.75) is 19.4 Å². The van der Waals surface area contributed by atoms with Gasteiger partial charge < -0.3 is 20.1 Å². The molecule has 0 bridgehead atoms. The summed E-state index contributed by atoms with van der Waals surface area (Å²) < 4.78 is 11.3. The van der Waals surface area contributed by atoms with Crippen LogP contribution in [0.5, 0.6) is 11.5 Å². The number of carbonyl (C=O) groups excluding carboxylic acids is 2. The standard InChI is InChI=1S/C18H21BrN2O4S/c1-11(21-18(23)15-6-7-16(19)26-15)17(22)20-9-8-12-4-5-13(24-2)14(10-12)25-3/h4-7,10-11H,8-9H2,1-3H3,(H,20,22)(H,21,23). The van der Waals surface area contributed by atoms with Crippen molar-refractivity contribution in [3.8, 4) is 11.5 Å². The molecule has 1 atom stereocenters. The minimum atomic E-state index is -0.617. The third-order valence-corrected chi connectivity index (χ3v) is 5.32. The molecule has 1 aromatic heterocycles. The molecule has 2 aromatic rings. The summed E-state index contributed by atoms with van der Waals surface area (Å²) in [7, 11) is 3.17. The summed E-state index contributed by atoms with van der Waals surface area (Å²) in [5.41, 5.74) is 1.02. The van der Waals surface area contributed by atoms with Crippen LogP contribution in [0.25, 0.3) is 0 Å². The van der Waals surface area contributed by atoms with Crippen LogP contribution in [-0.2, 0) is 11.2 Å². The molecule has 0 radical (unpaired) electrons. The maximum absolute atomic E-state index is 12.2. The molecule has 2 amide bonds. The maximum atomic E-state index is 12.2. The van der Waals surface area contributed by atoms with Crippen LogP contribution < -0.4 is 20.1 Å². The summed E-state index contributed by atoms with van der Waals surface area (Å²) in [6.07, 6.45) is 0.643. The Morgan fingerprint density at radius 3 is 2.50 bits per heavy atom. The van der Waals surface area contributed by atoms with Crippen LogP contribution in [0, 0.1) is 0 Å². The highest BCUT2D eigenvalue weighted by Gasteiger charge is 2.17. The molecule has 0 fully saturated rings. The van der Waals surface area contributed by atoms with Gasteiger partial charge >= 0.3 is 0 Å². The zero-order valence-corrected chi connectivity index (χ0v) is 17.2. The van der Waals surface area contributed by atoms with Crippen LogP contribution in [0.4, 0.5) is 0 Å². The fourth-order valence-corrected chi connectivity index (χ4v) is 3.58. The molecule has 1 unspecified atom stereocenters. The number of methoxy groups -OCH3 is 2. The van der Waals surface area contributed by atoms with E-state index in [4.69, 9.17) is 9.47 Å². The van der Waals surface area contributed by atoms with E-state index in [0.717, 1.165) is 9.35 Å². The van der Waals surface area contributed by atoms with Crippen molar-refractivity contribution in [2.75, 3.05) is 20.8 Å². The van der Waals surface area contributed by atoms with Crippen molar-refractivity contribution >= 4 is 39.1 Å². The van der Waals surface area contributed by atoms with Crippen molar-refractivity contribution in [1.82, 2.24) is 10.6 Å². The van der Waals surface area contributed by atoms with E-state index in [-0.39, 0.29) is 11.8 Å². The highest BCUT2D eigenvalue weighted by molar-refractivity contribution is 9.11. The predicted octanol–water partition coefficient (Wildman–Crippen LogP) is 3.01. The van der Waals surface area contributed by atoms with Crippen molar-refractivity contribution in [3.63, 3.8) is 0 Å². The zero-order chi connectivity index (χ0) is 19.1. The number of rotatable bonds is 8. The van der Waals surface area contributed by atoms with Gasteiger partial charge in [-0.15, -0.1) is 11.3 Å². The third-order valence-electron chi connectivity index (χ3n) is 3.70. The van der Waals surface area contributed by atoms with Gasteiger partial charge in [0.1, 0.15) is 6.04 Å². The summed E-state index contributed by atoms with van der Waals surface area (Å²) in [4.78, 5) is 24.8. The van der Waals surface area contributed by atoms with Crippen LogP contribution in [0.3, 0.4) is 0 Å². The molecular weight excluding hydrogens is 420 g/mol. The Hall–Kier alpha value is -2.06. The van der Waals surface area contributed by atoms with Gasteiger partial charge in [-0.2, -0.15) is 0 Å². The minimum absolute atomic E-state index is 0.227. The van der Waals surface area contributed by atoms with Crippen LogP contribution in [0.15, 0.2) is 34.1 Å². The van der Waals surface area contributed by atoms with Crippen LogP contribution in [0.1, 0.15) is 22.2 Å². The Labute approximate surface area is 165 Å². The lowest BCUT2D eigenvalue weighted by molar-refractivity contribution is -0.122. The van der Waals surface area contributed by atoms with E-state index in [0.29, 0.717) is 29.3 Å². The highest BCUT2D eigenvalue weighted by atomic mass is 79.9. The van der Waals surface area contributed by atoms with E-state index in [2.05, 4.69) is 26.6 Å². The number of ether oxygens (including phenoxy) is 2. The first-order chi connectivity index (χ1) is 12.4. The molecule has 2 N–H and O–H groups in total. The number of halogens is 1. The minimum Gasteiger partial charge on any atom is -0.493 e. The van der Waals surface area contributed by atoms with Gasteiger partial charge in [0.2, 0.25) is 5.91 Å². The molecule has 6 nitrogen and oxygen atoms in total. The first-order valence-corrected chi connectivity index (χ1v) is 9.60. The van der Waals surface area contributed by atoms with Gasteiger partial charge in [0.25, 0.3) is 5.91 Å². The number of nitrogens with one attached hydrogen (secondary N) is 2. The summed E-state index contributed by atoms with van der Waals surface area (Å²) in [6.45, 7) is 2.12. The molecule has 0 aliphatic heterocycles. The Balaban J connectivity index is 1.81. The maximum Gasteiger partial charge on any atom is 0.262 e.